The van der Waals surface area contributed by atoms with E-state index < -0.39 is 0 Å². The van der Waals surface area contributed by atoms with E-state index in [1.54, 1.807) is 4.68 Å². The zero-order chi connectivity index (χ0) is 13.1. The van der Waals surface area contributed by atoms with Gasteiger partial charge in [-0.1, -0.05) is 35.4 Å². The molecule has 19 heavy (non-hydrogen) atoms. The maximum atomic E-state index is 5.75. The molecule has 0 amide bonds. The number of para-hydroxylation sites is 2. The van der Waals surface area contributed by atoms with Gasteiger partial charge in [-0.25, -0.2) is 0 Å². The van der Waals surface area contributed by atoms with Crippen molar-refractivity contribution in [3.05, 3.63) is 58.2 Å². The number of benzene rings is 2. The molecule has 0 fully saturated rings. The van der Waals surface area contributed by atoms with Crippen molar-refractivity contribution >= 4 is 22.6 Å². The topological polar surface area (TPSA) is 52.8 Å². The quantitative estimate of drug-likeness (QED) is 0.671. The lowest BCUT2D eigenvalue weighted by atomic mass is 10.3. The number of aromatic nitrogens is 4. The zero-order valence-corrected chi connectivity index (χ0v) is 11.9. The molecule has 0 N–H and O–H groups in total. The van der Waals surface area contributed by atoms with E-state index in [2.05, 4.69) is 38.1 Å². The molecule has 0 spiro atoms. The van der Waals surface area contributed by atoms with Gasteiger partial charge in [-0.05, 0) is 57.3 Å². The normalized spacial score (nSPS) is 10.4. The molecule has 0 saturated carbocycles. The molecule has 3 aromatic rings. The Hall–Kier alpha value is -1.96. The molecule has 1 aromatic heterocycles. The van der Waals surface area contributed by atoms with Crippen molar-refractivity contribution in [2.45, 2.75) is 0 Å². The van der Waals surface area contributed by atoms with E-state index in [0.29, 0.717) is 6.01 Å². The van der Waals surface area contributed by atoms with Gasteiger partial charge in [0, 0.05) is 0 Å². The molecule has 5 nitrogen and oxygen atoms in total. The van der Waals surface area contributed by atoms with Crippen molar-refractivity contribution < 1.29 is 4.74 Å². The first-order valence-corrected chi connectivity index (χ1v) is 6.68. The lowest BCUT2D eigenvalue weighted by molar-refractivity contribution is 0.424. The monoisotopic (exact) mass is 364 g/mol. The first-order chi connectivity index (χ1) is 9.34. The molecule has 0 radical (unpaired) electrons. The van der Waals surface area contributed by atoms with E-state index >= 15 is 0 Å². The Kier molecular flexibility index (Phi) is 3.41. The molecule has 94 valence electrons. The number of halogens is 1. The van der Waals surface area contributed by atoms with Crippen molar-refractivity contribution in [3.63, 3.8) is 0 Å². The highest BCUT2D eigenvalue weighted by molar-refractivity contribution is 14.1. The van der Waals surface area contributed by atoms with Crippen LogP contribution in [0.3, 0.4) is 0 Å². The maximum absolute atomic E-state index is 5.75. The van der Waals surface area contributed by atoms with E-state index in [0.717, 1.165) is 15.0 Å². The van der Waals surface area contributed by atoms with Crippen LogP contribution in [0.2, 0.25) is 0 Å². The van der Waals surface area contributed by atoms with Gasteiger partial charge in [-0.3, -0.25) is 0 Å². The van der Waals surface area contributed by atoms with Crippen LogP contribution < -0.4 is 4.74 Å². The third-order valence-corrected chi connectivity index (χ3v) is 3.37. The number of nitrogens with zero attached hydrogens (tertiary/aromatic N) is 4. The van der Waals surface area contributed by atoms with E-state index in [9.17, 15) is 0 Å². The number of ether oxygens (including phenoxy) is 1. The summed E-state index contributed by atoms with van der Waals surface area (Å²) < 4.78 is 8.32. The molecule has 0 saturated heterocycles. The predicted octanol–water partition coefficient (Wildman–Crippen LogP) is 3.06. The highest BCUT2D eigenvalue weighted by Crippen LogP contribution is 2.25. The van der Waals surface area contributed by atoms with Gasteiger partial charge in [0.2, 0.25) is 0 Å². The Balaban J connectivity index is 1.96. The van der Waals surface area contributed by atoms with Crippen LogP contribution in [0.25, 0.3) is 5.69 Å². The summed E-state index contributed by atoms with van der Waals surface area (Å²) in [6.45, 7) is 0. The van der Waals surface area contributed by atoms with Gasteiger partial charge in [0.15, 0.2) is 0 Å². The van der Waals surface area contributed by atoms with E-state index in [1.807, 2.05) is 54.6 Å². The summed E-state index contributed by atoms with van der Waals surface area (Å²) in [4.78, 5) is 0. The Bertz CT molecular complexity index is 684. The maximum Gasteiger partial charge on any atom is 0.345 e. The SMILES string of the molecule is Ic1ccccc1Oc1nnnn1-c1ccccc1. The highest BCUT2D eigenvalue weighted by atomic mass is 127. The minimum atomic E-state index is 0.343. The van der Waals surface area contributed by atoms with E-state index in [1.165, 1.54) is 0 Å². The number of rotatable bonds is 3. The zero-order valence-electron chi connectivity index (χ0n) is 9.77. The van der Waals surface area contributed by atoms with Crippen LogP contribution in [0.4, 0.5) is 0 Å². The van der Waals surface area contributed by atoms with Crippen molar-refractivity contribution in [3.8, 4) is 17.4 Å². The third-order valence-electron chi connectivity index (χ3n) is 2.48. The van der Waals surface area contributed by atoms with Gasteiger partial charge in [-0.15, -0.1) is 0 Å². The summed E-state index contributed by atoms with van der Waals surface area (Å²) >= 11 is 2.21. The fraction of sp³-hybridized carbons (Fsp3) is 0. The van der Waals surface area contributed by atoms with Gasteiger partial charge < -0.3 is 4.74 Å². The highest BCUT2D eigenvalue weighted by Gasteiger charge is 2.11. The standard InChI is InChI=1S/C13H9IN4O/c14-11-8-4-5-9-12(11)19-13-15-16-17-18(13)10-6-2-1-3-7-10/h1-9H. The number of hydrogen-bond donors (Lipinski definition) is 0. The fourth-order valence-corrected chi connectivity index (χ4v) is 2.10. The summed E-state index contributed by atoms with van der Waals surface area (Å²) in [5.74, 6) is 0.732. The van der Waals surface area contributed by atoms with Gasteiger partial charge in [0.1, 0.15) is 5.75 Å². The Labute approximate surface area is 123 Å². The molecule has 0 atom stereocenters. The molecule has 0 aliphatic rings. The molecular weight excluding hydrogens is 355 g/mol. The summed E-state index contributed by atoms with van der Waals surface area (Å²) in [6, 6.07) is 17.7. The molecule has 2 aromatic carbocycles. The summed E-state index contributed by atoms with van der Waals surface area (Å²) in [7, 11) is 0. The van der Waals surface area contributed by atoms with Crippen LogP contribution in [0.5, 0.6) is 11.8 Å². The minimum absolute atomic E-state index is 0.343. The van der Waals surface area contributed by atoms with E-state index in [-0.39, 0.29) is 0 Å². The largest absolute Gasteiger partial charge is 0.422 e. The molecule has 0 unspecified atom stereocenters. The number of tetrazole rings is 1. The number of hydrogen-bond acceptors (Lipinski definition) is 4. The van der Waals surface area contributed by atoms with Crippen LogP contribution in [-0.2, 0) is 0 Å². The summed E-state index contributed by atoms with van der Waals surface area (Å²) in [5, 5.41) is 11.5. The van der Waals surface area contributed by atoms with Gasteiger partial charge in [0.05, 0.1) is 9.26 Å². The molecule has 0 aliphatic carbocycles. The molecule has 1 heterocycles. The Morgan fingerprint density at radius 3 is 2.47 bits per heavy atom. The lowest BCUT2D eigenvalue weighted by Gasteiger charge is -2.07. The smallest absolute Gasteiger partial charge is 0.345 e. The molecular formula is C13H9IN4O. The second-order valence-corrected chi connectivity index (χ2v) is 4.90. The molecule has 0 aliphatic heterocycles. The second-order valence-electron chi connectivity index (χ2n) is 3.74. The van der Waals surface area contributed by atoms with Crippen molar-refractivity contribution in [1.29, 1.82) is 0 Å². The van der Waals surface area contributed by atoms with Crippen molar-refractivity contribution in [2.24, 2.45) is 0 Å². The van der Waals surface area contributed by atoms with Gasteiger partial charge in [0.25, 0.3) is 0 Å². The van der Waals surface area contributed by atoms with Gasteiger partial charge in [-0.2, -0.15) is 4.68 Å². The van der Waals surface area contributed by atoms with Crippen LogP contribution in [0, 0.1) is 3.57 Å². The first-order valence-electron chi connectivity index (χ1n) is 5.61. The van der Waals surface area contributed by atoms with Crippen LogP contribution >= 0.6 is 22.6 Å². The molecule has 3 rings (SSSR count). The fourth-order valence-electron chi connectivity index (χ4n) is 1.60. The van der Waals surface area contributed by atoms with E-state index in [4.69, 9.17) is 4.74 Å². The minimum Gasteiger partial charge on any atom is -0.422 e. The Morgan fingerprint density at radius 1 is 0.947 bits per heavy atom. The lowest BCUT2D eigenvalue weighted by Crippen LogP contribution is -2.00. The average molecular weight is 364 g/mol. The van der Waals surface area contributed by atoms with Crippen molar-refractivity contribution in [2.75, 3.05) is 0 Å². The average Bonchev–Trinajstić information content (AvgIpc) is 2.91. The Morgan fingerprint density at radius 2 is 1.68 bits per heavy atom. The van der Waals surface area contributed by atoms with Crippen molar-refractivity contribution in [1.82, 2.24) is 20.2 Å². The summed E-state index contributed by atoms with van der Waals surface area (Å²) in [6.07, 6.45) is 0. The van der Waals surface area contributed by atoms with Crippen LogP contribution in [0.15, 0.2) is 54.6 Å². The van der Waals surface area contributed by atoms with Crippen LogP contribution in [-0.4, -0.2) is 20.2 Å². The molecule has 6 heteroatoms. The third kappa shape index (κ3) is 2.58. The second kappa shape index (κ2) is 5.35. The summed E-state index contributed by atoms with van der Waals surface area (Å²) in [5.41, 5.74) is 0.855. The first kappa shape index (κ1) is 12.1. The predicted molar refractivity (Wildman–Crippen MR) is 78.4 cm³/mol. The van der Waals surface area contributed by atoms with Gasteiger partial charge >= 0.3 is 6.01 Å². The molecule has 0 bridgehead atoms. The van der Waals surface area contributed by atoms with Crippen LogP contribution in [0.1, 0.15) is 0 Å².